The summed E-state index contributed by atoms with van der Waals surface area (Å²) < 4.78 is 0. The maximum atomic E-state index is 12.6. The molecule has 3 aromatic carbocycles. The van der Waals surface area contributed by atoms with Crippen molar-refractivity contribution in [3.8, 4) is 0 Å². The van der Waals surface area contributed by atoms with E-state index < -0.39 is 0 Å². The molecule has 3 aromatic rings. The molecule has 3 rings (SSSR count). The average molecular weight is 262 g/mol. The lowest BCUT2D eigenvalue weighted by molar-refractivity contribution is 0.103. The van der Waals surface area contributed by atoms with Crippen molar-refractivity contribution in [1.82, 2.24) is 0 Å². The van der Waals surface area contributed by atoms with Gasteiger partial charge in [0.15, 0.2) is 5.78 Å². The molecule has 0 spiro atoms. The molecular formula is C18H14O2. The van der Waals surface area contributed by atoms with Crippen LogP contribution in [0.25, 0.3) is 10.8 Å². The molecule has 0 unspecified atom stereocenters. The molecule has 0 amide bonds. The Morgan fingerprint density at radius 3 is 2.10 bits per heavy atom. The van der Waals surface area contributed by atoms with Crippen LogP contribution < -0.4 is 0 Å². The second kappa shape index (κ2) is 5.27. The minimum Gasteiger partial charge on any atom is -0.392 e. The lowest BCUT2D eigenvalue weighted by Crippen LogP contribution is -2.05. The molecule has 0 aliphatic carbocycles. The summed E-state index contributed by atoms with van der Waals surface area (Å²) >= 11 is 0. The van der Waals surface area contributed by atoms with Gasteiger partial charge in [0.1, 0.15) is 0 Å². The third-order valence-electron chi connectivity index (χ3n) is 3.42. The van der Waals surface area contributed by atoms with Crippen LogP contribution in [0, 0.1) is 0 Å². The Bertz CT molecular complexity index is 761. The van der Waals surface area contributed by atoms with Crippen LogP contribution in [0.2, 0.25) is 0 Å². The molecule has 0 atom stereocenters. The van der Waals surface area contributed by atoms with Crippen molar-refractivity contribution in [1.29, 1.82) is 0 Å². The molecule has 98 valence electrons. The van der Waals surface area contributed by atoms with Crippen molar-refractivity contribution in [2.45, 2.75) is 6.61 Å². The zero-order valence-corrected chi connectivity index (χ0v) is 10.9. The highest BCUT2D eigenvalue weighted by atomic mass is 16.3. The number of fused-ring (bicyclic) bond motifs is 1. The van der Waals surface area contributed by atoms with Gasteiger partial charge in [-0.05, 0) is 28.5 Å². The minimum atomic E-state index is -0.140. The van der Waals surface area contributed by atoms with Crippen LogP contribution in [0.1, 0.15) is 21.5 Å². The molecule has 0 aromatic heterocycles. The van der Waals surface area contributed by atoms with Crippen molar-refractivity contribution >= 4 is 16.6 Å². The molecule has 20 heavy (non-hydrogen) atoms. The predicted octanol–water partition coefficient (Wildman–Crippen LogP) is 3.56. The van der Waals surface area contributed by atoms with Gasteiger partial charge >= 0.3 is 0 Å². The molecular weight excluding hydrogens is 248 g/mol. The van der Waals surface area contributed by atoms with Crippen LogP contribution in [-0.2, 0) is 6.61 Å². The fourth-order valence-electron chi connectivity index (χ4n) is 2.37. The Balaban J connectivity index is 2.17. The van der Waals surface area contributed by atoms with Crippen LogP contribution >= 0.6 is 0 Å². The van der Waals surface area contributed by atoms with Crippen LogP contribution in [0.5, 0.6) is 0 Å². The number of aliphatic hydroxyl groups is 1. The number of hydrogen-bond donors (Lipinski definition) is 1. The van der Waals surface area contributed by atoms with Gasteiger partial charge in [0.25, 0.3) is 0 Å². The van der Waals surface area contributed by atoms with Gasteiger partial charge in [-0.15, -0.1) is 0 Å². The first kappa shape index (κ1) is 12.6. The zero-order chi connectivity index (χ0) is 13.9. The molecule has 1 N–H and O–H groups in total. The van der Waals surface area contributed by atoms with Crippen molar-refractivity contribution in [2.24, 2.45) is 0 Å². The van der Waals surface area contributed by atoms with E-state index in [1.54, 1.807) is 12.1 Å². The van der Waals surface area contributed by atoms with Gasteiger partial charge < -0.3 is 5.11 Å². The van der Waals surface area contributed by atoms with Crippen molar-refractivity contribution < 1.29 is 9.90 Å². The molecule has 0 aliphatic heterocycles. The summed E-state index contributed by atoms with van der Waals surface area (Å²) in [5.74, 6) is -0.0552. The topological polar surface area (TPSA) is 37.3 Å². The fourth-order valence-corrected chi connectivity index (χ4v) is 2.37. The van der Waals surface area contributed by atoms with E-state index in [9.17, 15) is 9.90 Å². The third kappa shape index (κ3) is 2.22. The molecule has 0 bridgehead atoms. The smallest absolute Gasteiger partial charge is 0.193 e. The standard InChI is InChI=1S/C18H14O2/c19-12-16-10-14-8-4-5-9-15(14)11-17(16)18(20)13-6-2-1-3-7-13/h1-11,19H,12H2. The molecule has 0 fully saturated rings. The van der Waals surface area contributed by atoms with Gasteiger partial charge in [0.05, 0.1) is 6.61 Å². The van der Waals surface area contributed by atoms with E-state index in [1.807, 2.05) is 54.6 Å². The zero-order valence-electron chi connectivity index (χ0n) is 10.9. The highest BCUT2D eigenvalue weighted by Crippen LogP contribution is 2.22. The summed E-state index contributed by atoms with van der Waals surface area (Å²) in [6.07, 6.45) is 0. The lowest BCUT2D eigenvalue weighted by atomic mass is 9.95. The Kier molecular flexibility index (Phi) is 3.32. The number of aliphatic hydroxyl groups excluding tert-OH is 1. The van der Waals surface area contributed by atoms with E-state index in [2.05, 4.69) is 0 Å². The molecule has 0 radical (unpaired) electrons. The Labute approximate surface area is 117 Å². The molecule has 2 heteroatoms. The second-order valence-electron chi connectivity index (χ2n) is 4.71. The summed E-state index contributed by atoms with van der Waals surface area (Å²) in [6, 6.07) is 20.7. The summed E-state index contributed by atoms with van der Waals surface area (Å²) in [6.45, 7) is -0.140. The largest absolute Gasteiger partial charge is 0.392 e. The van der Waals surface area contributed by atoms with Crippen LogP contribution in [0.4, 0.5) is 0 Å². The number of benzene rings is 3. The monoisotopic (exact) mass is 262 g/mol. The Morgan fingerprint density at radius 2 is 1.45 bits per heavy atom. The maximum absolute atomic E-state index is 12.6. The SMILES string of the molecule is O=C(c1ccccc1)c1cc2ccccc2cc1CO. The molecule has 0 saturated heterocycles. The normalized spacial score (nSPS) is 10.7. The number of carbonyl (C=O) groups excluding carboxylic acids is 1. The van der Waals surface area contributed by atoms with Gasteiger partial charge in [-0.3, -0.25) is 4.79 Å². The summed E-state index contributed by atoms with van der Waals surface area (Å²) in [5, 5.41) is 11.6. The Hall–Kier alpha value is -2.45. The van der Waals surface area contributed by atoms with Gasteiger partial charge in [0, 0.05) is 11.1 Å². The van der Waals surface area contributed by atoms with Crippen LogP contribution in [0.15, 0.2) is 66.7 Å². The van der Waals surface area contributed by atoms with E-state index in [0.717, 1.165) is 10.8 Å². The highest BCUT2D eigenvalue weighted by molar-refractivity contribution is 6.11. The first-order chi connectivity index (χ1) is 9.79. The quantitative estimate of drug-likeness (QED) is 0.733. The summed E-state index contributed by atoms with van der Waals surface area (Å²) in [5.41, 5.74) is 1.87. The molecule has 0 saturated carbocycles. The van der Waals surface area contributed by atoms with Crippen LogP contribution in [-0.4, -0.2) is 10.9 Å². The first-order valence-corrected chi connectivity index (χ1v) is 6.52. The number of carbonyl (C=O) groups is 1. The lowest BCUT2D eigenvalue weighted by Gasteiger charge is -2.09. The van der Waals surface area contributed by atoms with Gasteiger partial charge in [-0.2, -0.15) is 0 Å². The number of hydrogen-bond acceptors (Lipinski definition) is 2. The molecule has 2 nitrogen and oxygen atoms in total. The van der Waals surface area contributed by atoms with Gasteiger partial charge in [-0.1, -0.05) is 54.6 Å². The van der Waals surface area contributed by atoms with Crippen LogP contribution in [0.3, 0.4) is 0 Å². The van der Waals surface area contributed by atoms with E-state index in [0.29, 0.717) is 16.7 Å². The second-order valence-corrected chi connectivity index (χ2v) is 4.71. The van der Waals surface area contributed by atoms with E-state index in [1.165, 1.54) is 0 Å². The van der Waals surface area contributed by atoms with E-state index in [4.69, 9.17) is 0 Å². The number of rotatable bonds is 3. The van der Waals surface area contributed by atoms with Gasteiger partial charge in [-0.25, -0.2) is 0 Å². The first-order valence-electron chi connectivity index (χ1n) is 6.52. The Morgan fingerprint density at radius 1 is 0.850 bits per heavy atom. The minimum absolute atomic E-state index is 0.0552. The molecule has 0 aliphatic rings. The summed E-state index contributed by atoms with van der Waals surface area (Å²) in [4.78, 5) is 12.6. The maximum Gasteiger partial charge on any atom is 0.193 e. The van der Waals surface area contributed by atoms with Gasteiger partial charge in [0.2, 0.25) is 0 Å². The highest BCUT2D eigenvalue weighted by Gasteiger charge is 2.14. The molecule has 0 heterocycles. The number of ketones is 1. The van der Waals surface area contributed by atoms with Crippen molar-refractivity contribution in [2.75, 3.05) is 0 Å². The fraction of sp³-hybridized carbons (Fsp3) is 0.0556. The van der Waals surface area contributed by atoms with Crippen molar-refractivity contribution in [3.05, 3.63) is 83.4 Å². The van der Waals surface area contributed by atoms with E-state index in [-0.39, 0.29) is 12.4 Å². The van der Waals surface area contributed by atoms with Crippen molar-refractivity contribution in [3.63, 3.8) is 0 Å². The summed E-state index contributed by atoms with van der Waals surface area (Å²) in [7, 11) is 0. The predicted molar refractivity (Wildman–Crippen MR) is 79.7 cm³/mol. The third-order valence-corrected chi connectivity index (χ3v) is 3.42. The van der Waals surface area contributed by atoms with E-state index >= 15 is 0 Å². The average Bonchev–Trinajstić information content (AvgIpc) is 2.53.